The molecule has 4 N–H and O–H groups in total. The Labute approximate surface area is 212 Å². The number of carbonyl (C=O) groups is 2. The monoisotopic (exact) mass is 496 g/mol. The van der Waals surface area contributed by atoms with Crippen molar-refractivity contribution >= 4 is 29.2 Å². The molecule has 1 heterocycles. The summed E-state index contributed by atoms with van der Waals surface area (Å²) < 4.78 is 5.43. The SMILES string of the molecule is CCCCCOC(=O)N[C@H](C(=S)N1CCC[C@H]1C(=O)NCC1CCC(N)CC1)C(C)(C)C(C)C. The fourth-order valence-corrected chi connectivity index (χ4v) is 5.38. The zero-order valence-electron chi connectivity index (χ0n) is 22.0. The summed E-state index contributed by atoms with van der Waals surface area (Å²) >= 11 is 5.96. The van der Waals surface area contributed by atoms with Crippen LogP contribution in [0.25, 0.3) is 0 Å². The maximum atomic E-state index is 13.1. The molecule has 2 amide bonds. The summed E-state index contributed by atoms with van der Waals surface area (Å²) in [6.45, 7) is 12.5. The molecular weight excluding hydrogens is 448 g/mol. The number of alkyl carbamates (subject to hydrolysis) is 1. The Balaban J connectivity index is 2.03. The molecule has 0 aromatic heterocycles. The number of ether oxygens (including phenoxy) is 1. The summed E-state index contributed by atoms with van der Waals surface area (Å²) in [5.74, 6) is 0.809. The van der Waals surface area contributed by atoms with Crippen LogP contribution in [0.5, 0.6) is 0 Å². The fraction of sp³-hybridized carbons (Fsp3) is 0.885. The number of amides is 2. The summed E-state index contributed by atoms with van der Waals surface area (Å²) in [4.78, 5) is 28.4. The Morgan fingerprint density at radius 3 is 2.44 bits per heavy atom. The van der Waals surface area contributed by atoms with Crippen molar-refractivity contribution in [3.05, 3.63) is 0 Å². The van der Waals surface area contributed by atoms with Gasteiger partial charge in [0.2, 0.25) is 5.91 Å². The van der Waals surface area contributed by atoms with Crippen molar-refractivity contribution in [2.75, 3.05) is 19.7 Å². The van der Waals surface area contributed by atoms with Gasteiger partial charge in [-0.3, -0.25) is 4.79 Å². The van der Waals surface area contributed by atoms with Gasteiger partial charge in [-0.2, -0.15) is 0 Å². The highest BCUT2D eigenvalue weighted by Crippen LogP contribution is 2.34. The summed E-state index contributed by atoms with van der Waals surface area (Å²) in [7, 11) is 0. The van der Waals surface area contributed by atoms with Crippen LogP contribution in [-0.2, 0) is 9.53 Å². The number of carbonyl (C=O) groups excluding carboxylic acids is 2. The van der Waals surface area contributed by atoms with Crippen molar-refractivity contribution in [1.29, 1.82) is 0 Å². The van der Waals surface area contributed by atoms with E-state index in [1.165, 1.54) is 0 Å². The Bertz CT molecular complexity index is 677. The lowest BCUT2D eigenvalue weighted by Crippen LogP contribution is -2.58. The van der Waals surface area contributed by atoms with Crippen LogP contribution in [0.2, 0.25) is 0 Å². The van der Waals surface area contributed by atoms with Crippen molar-refractivity contribution in [3.63, 3.8) is 0 Å². The second-order valence-corrected chi connectivity index (χ2v) is 11.5. The van der Waals surface area contributed by atoms with Crippen molar-refractivity contribution in [2.45, 2.75) is 111 Å². The van der Waals surface area contributed by atoms with Gasteiger partial charge < -0.3 is 26.0 Å². The highest BCUT2D eigenvalue weighted by atomic mass is 32.1. The lowest BCUT2D eigenvalue weighted by molar-refractivity contribution is -0.124. The van der Waals surface area contributed by atoms with Crippen LogP contribution in [-0.4, -0.2) is 59.7 Å². The quantitative estimate of drug-likeness (QED) is 0.290. The van der Waals surface area contributed by atoms with E-state index in [4.69, 9.17) is 22.7 Å². The van der Waals surface area contributed by atoms with Gasteiger partial charge in [-0.1, -0.05) is 59.7 Å². The molecule has 2 fully saturated rings. The van der Waals surface area contributed by atoms with Gasteiger partial charge in [0.15, 0.2) is 0 Å². The van der Waals surface area contributed by atoms with E-state index in [-0.39, 0.29) is 23.3 Å². The molecule has 0 bridgehead atoms. The van der Waals surface area contributed by atoms with E-state index in [0.29, 0.717) is 30.1 Å². The first-order valence-corrected chi connectivity index (χ1v) is 13.8. The summed E-state index contributed by atoms with van der Waals surface area (Å²) in [6, 6.07) is -0.373. The van der Waals surface area contributed by atoms with Gasteiger partial charge in [0.1, 0.15) is 11.0 Å². The lowest BCUT2D eigenvalue weighted by Gasteiger charge is -2.42. The molecule has 0 aromatic rings. The van der Waals surface area contributed by atoms with E-state index in [1.807, 2.05) is 4.90 Å². The molecule has 2 rings (SSSR count). The number of thiocarbonyl (C=S) groups is 1. The van der Waals surface area contributed by atoms with Crippen molar-refractivity contribution in [3.8, 4) is 0 Å². The molecule has 34 heavy (non-hydrogen) atoms. The third-order valence-corrected chi connectivity index (χ3v) is 8.49. The fourth-order valence-electron chi connectivity index (χ4n) is 4.80. The molecule has 0 radical (unpaired) electrons. The van der Waals surface area contributed by atoms with Gasteiger partial charge in [-0.25, -0.2) is 4.79 Å². The number of hydrogen-bond acceptors (Lipinski definition) is 5. The number of unbranched alkanes of at least 4 members (excludes halogenated alkanes) is 2. The van der Waals surface area contributed by atoms with Gasteiger partial charge in [0.25, 0.3) is 0 Å². The minimum Gasteiger partial charge on any atom is -0.450 e. The van der Waals surface area contributed by atoms with Gasteiger partial charge in [0.05, 0.1) is 12.6 Å². The Kier molecular flexibility index (Phi) is 11.5. The number of likely N-dealkylation sites (tertiary alicyclic amines) is 1. The molecule has 1 aliphatic carbocycles. The molecule has 0 spiro atoms. The zero-order valence-corrected chi connectivity index (χ0v) is 22.8. The molecular formula is C26H48N4O3S. The Morgan fingerprint density at radius 1 is 1.15 bits per heavy atom. The van der Waals surface area contributed by atoms with Crippen molar-refractivity contribution in [1.82, 2.24) is 15.5 Å². The minimum absolute atomic E-state index is 0.0398. The van der Waals surface area contributed by atoms with E-state index in [2.05, 4.69) is 45.3 Å². The number of hydrogen-bond donors (Lipinski definition) is 3. The van der Waals surface area contributed by atoms with Crippen LogP contribution in [0.15, 0.2) is 0 Å². The Hall–Kier alpha value is -1.41. The van der Waals surface area contributed by atoms with Gasteiger partial charge in [-0.05, 0) is 62.2 Å². The van der Waals surface area contributed by atoms with E-state index < -0.39 is 12.1 Å². The molecule has 2 atom stereocenters. The van der Waals surface area contributed by atoms with E-state index in [0.717, 1.165) is 64.3 Å². The topological polar surface area (TPSA) is 96.7 Å². The molecule has 1 saturated heterocycles. The molecule has 0 aromatic carbocycles. The molecule has 7 nitrogen and oxygen atoms in total. The first-order valence-electron chi connectivity index (χ1n) is 13.3. The maximum Gasteiger partial charge on any atom is 0.407 e. The molecule has 8 heteroatoms. The zero-order chi connectivity index (χ0) is 25.3. The number of nitrogens with one attached hydrogen (secondary N) is 2. The minimum atomic E-state index is -0.437. The third kappa shape index (κ3) is 8.08. The number of nitrogens with two attached hydrogens (primary N) is 1. The van der Waals surface area contributed by atoms with Gasteiger partial charge in [-0.15, -0.1) is 0 Å². The standard InChI is InChI=1S/C26H48N4O3S/c1-6-7-8-16-33-25(32)29-22(26(4,5)18(2)3)24(34)30-15-9-10-21(30)23(31)28-17-19-11-13-20(27)14-12-19/h18-22H,6-17,27H2,1-5H3,(H,28,31)(H,29,32)/t19?,20?,21-,22+/m0/s1. The molecule has 1 aliphatic heterocycles. The largest absolute Gasteiger partial charge is 0.450 e. The third-order valence-electron chi connectivity index (χ3n) is 8.02. The second-order valence-electron chi connectivity index (χ2n) is 11.1. The summed E-state index contributed by atoms with van der Waals surface area (Å²) in [5, 5.41) is 6.23. The van der Waals surface area contributed by atoms with E-state index in [1.54, 1.807) is 0 Å². The predicted octanol–water partition coefficient (Wildman–Crippen LogP) is 4.38. The van der Waals surface area contributed by atoms with Crippen LogP contribution in [0, 0.1) is 17.3 Å². The first-order chi connectivity index (χ1) is 16.1. The maximum absolute atomic E-state index is 13.1. The Morgan fingerprint density at radius 2 is 1.82 bits per heavy atom. The predicted molar refractivity (Wildman–Crippen MR) is 142 cm³/mol. The highest BCUT2D eigenvalue weighted by Gasteiger charge is 2.42. The average molecular weight is 497 g/mol. The molecule has 196 valence electrons. The van der Waals surface area contributed by atoms with Crippen LogP contribution in [0.4, 0.5) is 4.79 Å². The number of nitrogens with zero attached hydrogens (tertiary/aromatic N) is 1. The number of rotatable bonds is 11. The molecule has 0 unspecified atom stereocenters. The second kappa shape index (κ2) is 13.6. The normalized spacial score (nSPS) is 24.1. The molecule has 2 aliphatic rings. The van der Waals surface area contributed by atoms with Crippen molar-refractivity contribution in [2.24, 2.45) is 23.0 Å². The molecule has 1 saturated carbocycles. The van der Waals surface area contributed by atoms with Crippen LogP contribution in [0.3, 0.4) is 0 Å². The summed E-state index contributed by atoms with van der Waals surface area (Å²) in [6.07, 6.45) is 8.42. The van der Waals surface area contributed by atoms with E-state index in [9.17, 15) is 9.59 Å². The first kappa shape index (κ1) is 28.8. The van der Waals surface area contributed by atoms with Crippen molar-refractivity contribution < 1.29 is 14.3 Å². The average Bonchev–Trinajstić information content (AvgIpc) is 3.29. The van der Waals surface area contributed by atoms with E-state index >= 15 is 0 Å². The highest BCUT2D eigenvalue weighted by molar-refractivity contribution is 7.80. The van der Waals surface area contributed by atoms with Gasteiger partial charge >= 0.3 is 6.09 Å². The summed E-state index contributed by atoms with van der Waals surface area (Å²) in [5.41, 5.74) is 5.71. The van der Waals surface area contributed by atoms with Crippen LogP contribution in [0.1, 0.15) is 92.4 Å². The lowest BCUT2D eigenvalue weighted by atomic mass is 9.74. The van der Waals surface area contributed by atoms with Crippen LogP contribution >= 0.6 is 12.2 Å². The van der Waals surface area contributed by atoms with Gasteiger partial charge in [0, 0.05) is 19.1 Å². The smallest absolute Gasteiger partial charge is 0.407 e. The van der Waals surface area contributed by atoms with Crippen LogP contribution < -0.4 is 16.4 Å².